The van der Waals surface area contributed by atoms with Crippen LogP contribution in [0.25, 0.3) is 0 Å². The lowest BCUT2D eigenvalue weighted by Crippen LogP contribution is -2.51. The zero-order valence-electron chi connectivity index (χ0n) is 6.95. The summed E-state index contributed by atoms with van der Waals surface area (Å²) in [5.74, 6) is 2.72. The summed E-state index contributed by atoms with van der Waals surface area (Å²) >= 11 is 0. The van der Waals surface area contributed by atoms with E-state index in [1.165, 1.54) is 0 Å². The van der Waals surface area contributed by atoms with Crippen LogP contribution < -0.4 is 0 Å². The number of ketones is 2. The minimum atomic E-state index is 0.287. The predicted molar refractivity (Wildman–Crippen MR) is 42.4 cm³/mol. The van der Waals surface area contributed by atoms with Crippen molar-refractivity contribution in [1.29, 1.82) is 0 Å². The van der Waals surface area contributed by atoms with Gasteiger partial charge in [-0.15, -0.1) is 0 Å². The summed E-state index contributed by atoms with van der Waals surface area (Å²) in [5.41, 5.74) is 0. The first kappa shape index (κ1) is 6.81. The highest BCUT2D eigenvalue weighted by Gasteiger charge is 2.53. The average molecular weight is 164 g/mol. The van der Waals surface area contributed by atoms with Crippen molar-refractivity contribution >= 4 is 11.6 Å². The summed E-state index contributed by atoms with van der Waals surface area (Å²) in [4.78, 5) is 22.3. The van der Waals surface area contributed by atoms with E-state index in [-0.39, 0.29) is 11.8 Å². The van der Waals surface area contributed by atoms with Crippen LogP contribution in [-0.4, -0.2) is 11.6 Å². The third-order valence-corrected chi connectivity index (χ3v) is 4.01. The van der Waals surface area contributed by atoms with E-state index in [1.807, 2.05) is 0 Å². The molecule has 0 bridgehead atoms. The van der Waals surface area contributed by atoms with Crippen molar-refractivity contribution in [2.45, 2.75) is 25.7 Å². The molecule has 0 N–H and O–H groups in total. The topological polar surface area (TPSA) is 34.1 Å². The molecule has 0 saturated heterocycles. The standard InChI is InChI=1S/C10H12O2/c11-9-2-5-1-6-3-10(12)8(6)4-7(5)9/h5-8H,1-4H2. The lowest BCUT2D eigenvalue weighted by Gasteiger charge is -2.50. The van der Waals surface area contributed by atoms with E-state index < -0.39 is 0 Å². The molecule has 0 aromatic rings. The molecule has 0 radical (unpaired) electrons. The molecule has 4 atom stereocenters. The van der Waals surface area contributed by atoms with E-state index in [2.05, 4.69) is 0 Å². The van der Waals surface area contributed by atoms with Crippen LogP contribution in [0.3, 0.4) is 0 Å². The Kier molecular flexibility index (Phi) is 1.12. The van der Waals surface area contributed by atoms with Gasteiger partial charge in [0.15, 0.2) is 0 Å². The second-order valence-corrected chi connectivity index (χ2v) is 4.55. The zero-order valence-corrected chi connectivity index (χ0v) is 6.95. The minimum Gasteiger partial charge on any atom is -0.299 e. The molecule has 3 rings (SSSR count). The summed E-state index contributed by atoms with van der Waals surface area (Å²) in [6, 6.07) is 0. The van der Waals surface area contributed by atoms with Crippen molar-refractivity contribution in [1.82, 2.24) is 0 Å². The van der Waals surface area contributed by atoms with Gasteiger partial charge in [-0.25, -0.2) is 0 Å². The molecule has 64 valence electrons. The Morgan fingerprint density at radius 2 is 1.33 bits per heavy atom. The summed E-state index contributed by atoms with van der Waals surface area (Å²) in [7, 11) is 0. The van der Waals surface area contributed by atoms with Crippen LogP contribution in [0.1, 0.15) is 25.7 Å². The second kappa shape index (κ2) is 1.98. The van der Waals surface area contributed by atoms with Gasteiger partial charge in [0.1, 0.15) is 11.6 Å². The van der Waals surface area contributed by atoms with Gasteiger partial charge < -0.3 is 0 Å². The van der Waals surface area contributed by atoms with E-state index >= 15 is 0 Å². The normalized spacial score (nSPS) is 50.3. The Hall–Kier alpha value is -0.660. The molecule has 2 heteroatoms. The number of rotatable bonds is 0. The van der Waals surface area contributed by atoms with Crippen molar-refractivity contribution < 1.29 is 9.59 Å². The first-order valence-corrected chi connectivity index (χ1v) is 4.81. The highest BCUT2D eigenvalue weighted by atomic mass is 16.1. The highest BCUT2D eigenvalue weighted by Crippen LogP contribution is 2.52. The molecule has 0 amide bonds. The first-order valence-electron chi connectivity index (χ1n) is 4.81. The van der Waals surface area contributed by atoms with Crippen molar-refractivity contribution in [2.75, 3.05) is 0 Å². The zero-order chi connectivity index (χ0) is 8.29. The molecule has 3 saturated carbocycles. The van der Waals surface area contributed by atoms with Crippen molar-refractivity contribution in [3.05, 3.63) is 0 Å². The van der Waals surface area contributed by atoms with Gasteiger partial charge in [-0.1, -0.05) is 0 Å². The molecule has 3 aliphatic rings. The largest absolute Gasteiger partial charge is 0.299 e. The van der Waals surface area contributed by atoms with Crippen LogP contribution in [0.4, 0.5) is 0 Å². The van der Waals surface area contributed by atoms with E-state index in [4.69, 9.17) is 0 Å². The number of hydrogen-bond acceptors (Lipinski definition) is 2. The summed E-state index contributed by atoms with van der Waals surface area (Å²) in [5, 5.41) is 0. The maximum absolute atomic E-state index is 11.1. The molecule has 0 aromatic heterocycles. The number of carbonyl (C=O) groups excluding carboxylic acids is 2. The monoisotopic (exact) mass is 164 g/mol. The van der Waals surface area contributed by atoms with Gasteiger partial charge in [-0.05, 0) is 24.7 Å². The molecular weight excluding hydrogens is 152 g/mol. The molecule has 3 aliphatic carbocycles. The second-order valence-electron chi connectivity index (χ2n) is 4.55. The van der Waals surface area contributed by atoms with E-state index in [1.54, 1.807) is 0 Å². The lowest BCUT2D eigenvalue weighted by atomic mass is 9.52. The molecular formula is C10H12O2. The summed E-state index contributed by atoms with van der Waals surface area (Å²) < 4.78 is 0. The van der Waals surface area contributed by atoms with E-state index in [0.717, 1.165) is 25.7 Å². The molecule has 2 nitrogen and oxygen atoms in total. The van der Waals surface area contributed by atoms with Gasteiger partial charge in [0.2, 0.25) is 0 Å². The fourth-order valence-electron chi connectivity index (χ4n) is 3.11. The Bertz CT molecular complexity index is 243. The maximum atomic E-state index is 11.1. The Balaban J connectivity index is 1.79. The smallest absolute Gasteiger partial charge is 0.136 e. The number of hydrogen-bond donors (Lipinski definition) is 0. The Morgan fingerprint density at radius 1 is 0.833 bits per heavy atom. The van der Waals surface area contributed by atoms with Gasteiger partial charge in [0.25, 0.3) is 0 Å². The van der Waals surface area contributed by atoms with E-state index in [0.29, 0.717) is 23.4 Å². The summed E-state index contributed by atoms with van der Waals surface area (Å²) in [6.07, 6.45) is 3.67. The summed E-state index contributed by atoms with van der Waals surface area (Å²) in [6.45, 7) is 0. The third kappa shape index (κ3) is 0.661. The predicted octanol–water partition coefficient (Wildman–Crippen LogP) is 1.19. The van der Waals surface area contributed by atoms with Crippen LogP contribution >= 0.6 is 0 Å². The average Bonchev–Trinajstić information content (AvgIpc) is 2.01. The number of carbonyl (C=O) groups is 2. The van der Waals surface area contributed by atoms with Gasteiger partial charge in [0.05, 0.1) is 0 Å². The Labute approximate surface area is 71.3 Å². The van der Waals surface area contributed by atoms with Crippen LogP contribution in [0.5, 0.6) is 0 Å². The van der Waals surface area contributed by atoms with Crippen LogP contribution in [0.15, 0.2) is 0 Å². The molecule has 4 unspecified atom stereocenters. The van der Waals surface area contributed by atoms with Crippen LogP contribution in [-0.2, 0) is 9.59 Å². The van der Waals surface area contributed by atoms with Crippen molar-refractivity contribution in [3.63, 3.8) is 0 Å². The number of Topliss-reactive ketones (excluding diaryl/α,β-unsaturated/α-hetero) is 2. The minimum absolute atomic E-state index is 0.287. The quantitative estimate of drug-likeness (QED) is 0.539. The van der Waals surface area contributed by atoms with E-state index in [9.17, 15) is 9.59 Å². The van der Waals surface area contributed by atoms with Gasteiger partial charge in [-0.2, -0.15) is 0 Å². The highest BCUT2D eigenvalue weighted by molar-refractivity contribution is 5.92. The van der Waals surface area contributed by atoms with Crippen LogP contribution in [0, 0.1) is 23.7 Å². The first-order chi connectivity index (χ1) is 5.75. The van der Waals surface area contributed by atoms with Crippen LogP contribution in [0.2, 0.25) is 0 Å². The fourth-order valence-corrected chi connectivity index (χ4v) is 3.11. The molecule has 0 spiro atoms. The van der Waals surface area contributed by atoms with Gasteiger partial charge >= 0.3 is 0 Å². The molecule has 0 aliphatic heterocycles. The van der Waals surface area contributed by atoms with Crippen molar-refractivity contribution in [2.24, 2.45) is 23.7 Å². The molecule has 12 heavy (non-hydrogen) atoms. The van der Waals surface area contributed by atoms with Gasteiger partial charge in [0, 0.05) is 24.7 Å². The third-order valence-electron chi connectivity index (χ3n) is 4.01. The molecule has 0 aromatic carbocycles. The molecule has 0 heterocycles. The SMILES string of the molecule is O=C1CC2CC3CC(=O)C3CC12. The number of fused-ring (bicyclic) bond motifs is 2. The van der Waals surface area contributed by atoms with Crippen molar-refractivity contribution in [3.8, 4) is 0 Å². The van der Waals surface area contributed by atoms with Gasteiger partial charge in [-0.3, -0.25) is 9.59 Å². The molecule has 3 fully saturated rings. The lowest BCUT2D eigenvalue weighted by molar-refractivity contribution is -0.150. The maximum Gasteiger partial charge on any atom is 0.136 e. The fraction of sp³-hybridized carbons (Fsp3) is 0.800. The Morgan fingerprint density at radius 3 is 1.75 bits per heavy atom.